The average molecular weight is 343 g/mol. The quantitative estimate of drug-likeness (QED) is 0.687. The Morgan fingerprint density at radius 2 is 1.84 bits per heavy atom. The first-order chi connectivity index (χ1) is 12.0. The van der Waals surface area contributed by atoms with Gasteiger partial charge >= 0.3 is 0 Å². The van der Waals surface area contributed by atoms with E-state index in [1.165, 1.54) is 23.3 Å². The first kappa shape index (κ1) is 18.1. The molecule has 2 unspecified atom stereocenters. The van der Waals surface area contributed by atoms with Crippen molar-refractivity contribution in [1.82, 2.24) is 4.90 Å². The van der Waals surface area contributed by atoms with E-state index >= 15 is 0 Å². The highest BCUT2D eigenvalue weighted by Gasteiger charge is 2.29. The van der Waals surface area contributed by atoms with Crippen LogP contribution < -0.4 is 0 Å². The summed E-state index contributed by atoms with van der Waals surface area (Å²) in [6.45, 7) is 9.45. The van der Waals surface area contributed by atoms with E-state index in [1.54, 1.807) is 6.07 Å². The number of piperidine rings is 1. The minimum atomic E-state index is -0.778. The first-order valence-electron chi connectivity index (χ1n) is 9.20. The van der Waals surface area contributed by atoms with Crippen LogP contribution in [0.4, 0.5) is 8.78 Å². The van der Waals surface area contributed by atoms with Gasteiger partial charge in [0.2, 0.25) is 0 Å². The van der Waals surface area contributed by atoms with E-state index in [2.05, 4.69) is 49.9 Å². The third kappa shape index (κ3) is 4.09. The average Bonchev–Trinajstić information content (AvgIpc) is 2.60. The van der Waals surface area contributed by atoms with Gasteiger partial charge in [-0.2, -0.15) is 0 Å². The molecule has 1 saturated heterocycles. The van der Waals surface area contributed by atoms with E-state index in [-0.39, 0.29) is 0 Å². The number of nitrogens with zero attached hydrogens (tertiary/aromatic N) is 1. The van der Waals surface area contributed by atoms with E-state index in [9.17, 15) is 8.78 Å². The van der Waals surface area contributed by atoms with Crippen LogP contribution in [0.1, 0.15) is 55.7 Å². The zero-order chi connectivity index (χ0) is 18.0. The van der Waals surface area contributed by atoms with Crippen LogP contribution in [0.5, 0.6) is 0 Å². The number of hydrogen-bond donors (Lipinski definition) is 0. The maximum absolute atomic E-state index is 13.5. The second-order valence-corrected chi connectivity index (χ2v) is 7.64. The molecule has 1 aliphatic heterocycles. The summed E-state index contributed by atoms with van der Waals surface area (Å²) < 4.78 is 26.6. The lowest BCUT2D eigenvalue weighted by Gasteiger charge is -2.38. The number of likely N-dealkylation sites (tertiary alicyclic amines) is 1. The number of hydrogen-bond acceptors (Lipinski definition) is 1. The minimum Gasteiger partial charge on any atom is -0.298 e. The molecular weight excluding hydrogens is 316 g/mol. The molecular formula is C22H27F2N. The Bertz CT molecular complexity index is 726. The smallest absolute Gasteiger partial charge is 0.159 e. The normalized spacial score (nSPS) is 21.7. The van der Waals surface area contributed by atoms with Gasteiger partial charge in [-0.05, 0) is 59.5 Å². The van der Waals surface area contributed by atoms with Crippen LogP contribution in [-0.2, 0) is 6.54 Å². The lowest BCUT2D eigenvalue weighted by molar-refractivity contribution is 0.159. The van der Waals surface area contributed by atoms with Crippen LogP contribution in [-0.4, -0.2) is 18.0 Å². The molecule has 1 heterocycles. The van der Waals surface area contributed by atoms with Crippen molar-refractivity contribution in [3.05, 3.63) is 70.8 Å². The van der Waals surface area contributed by atoms with Gasteiger partial charge in [0.05, 0.1) is 0 Å². The molecule has 2 aromatic rings. The SMILES string of the molecule is CC(C)c1ccccc1C1CN(Cc2ccc(F)c(F)c2)CCC1C. The molecule has 0 bridgehead atoms. The predicted molar refractivity (Wildman–Crippen MR) is 98.7 cm³/mol. The third-order valence-corrected chi connectivity index (χ3v) is 5.45. The molecule has 1 fully saturated rings. The fourth-order valence-electron chi connectivity index (χ4n) is 3.96. The van der Waals surface area contributed by atoms with Gasteiger partial charge in [-0.25, -0.2) is 8.78 Å². The molecule has 0 amide bonds. The van der Waals surface area contributed by atoms with Crippen molar-refractivity contribution in [2.24, 2.45) is 5.92 Å². The molecule has 2 atom stereocenters. The van der Waals surface area contributed by atoms with Crippen molar-refractivity contribution in [3.8, 4) is 0 Å². The summed E-state index contributed by atoms with van der Waals surface area (Å²) in [5.41, 5.74) is 3.71. The van der Waals surface area contributed by atoms with E-state index in [0.717, 1.165) is 25.1 Å². The fraction of sp³-hybridized carbons (Fsp3) is 0.455. The van der Waals surface area contributed by atoms with E-state index in [4.69, 9.17) is 0 Å². The van der Waals surface area contributed by atoms with Crippen LogP contribution >= 0.6 is 0 Å². The van der Waals surface area contributed by atoms with Gasteiger partial charge in [0, 0.05) is 13.1 Å². The molecule has 0 aliphatic carbocycles. The molecule has 1 nitrogen and oxygen atoms in total. The zero-order valence-corrected chi connectivity index (χ0v) is 15.3. The summed E-state index contributed by atoms with van der Waals surface area (Å²) >= 11 is 0. The van der Waals surface area contributed by atoms with Crippen LogP contribution in [0.3, 0.4) is 0 Å². The summed E-state index contributed by atoms with van der Waals surface area (Å²) in [6, 6.07) is 13.0. The summed E-state index contributed by atoms with van der Waals surface area (Å²) in [5.74, 6) is 0.0769. The van der Waals surface area contributed by atoms with Crippen LogP contribution in [0.25, 0.3) is 0 Å². The van der Waals surface area contributed by atoms with Crippen molar-refractivity contribution < 1.29 is 8.78 Å². The molecule has 3 rings (SSSR count). The summed E-state index contributed by atoms with van der Waals surface area (Å²) in [5, 5.41) is 0. The molecule has 0 aromatic heterocycles. The minimum absolute atomic E-state index is 0.484. The maximum Gasteiger partial charge on any atom is 0.159 e. The van der Waals surface area contributed by atoms with Crippen LogP contribution in [0.15, 0.2) is 42.5 Å². The van der Waals surface area contributed by atoms with Crippen molar-refractivity contribution in [3.63, 3.8) is 0 Å². The highest BCUT2D eigenvalue weighted by Crippen LogP contribution is 2.36. The molecule has 0 radical (unpaired) electrons. The number of rotatable bonds is 4. The second-order valence-electron chi connectivity index (χ2n) is 7.64. The lowest BCUT2D eigenvalue weighted by atomic mass is 9.78. The Hall–Kier alpha value is -1.74. The number of benzene rings is 2. The zero-order valence-electron chi connectivity index (χ0n) is 15.3. The van der Waals surface area contributed by atoms with E-state index in [0.29, 0.717) is 24.3 Å². The molecule has 0 spiro atoms. The van der Waals surface area contributed by atoms with Crippen molar-refractivity contribution in [2.45, 2.75) is 45.6 Å². The van der Waals surface area contributed by atoms with Gasteiger partial charge in [0.25, 0.3) is 0 Å². The maximum atomic E-state index is 13.5. The third-order valence-electron chi connectivity index (χ3n) is 5.45. The number of halogens is 2. The van der Waals surface area contributed by atoms with Crippen LogP contribution in [0.2, 0.25) is 0 Å². The van der Waals surface area contributed by atoms with Crippen LogP contribution in [0, 0.1) is 17.6 Å². The van der Waals surface area contributed by atoms with E-state index in [1.807, 2.05) is 0 Å². The fourth-order valence-corrected chi connectivity index (χ4v) is 3.96. The second kappa shape index (κ2) is 7.65. The topological polar surface area (TPSA) is 3.24 Å². The summed E-state index contributed by atoms with van der Waals surface area (Å²) in [7, 11) is 0. The lowest BCUT2D eigenvalue weighted by Crippen LogP contribution is -2.38. The van der Waals surface area contributed by atoms with Crippen molar-refractivity contribution >= 4 is 0 Å². The molecule has 3 heteroatoms. The summed E-state index contributed by atoms with van der Waals surface area (Å²) in [4.78, 5) is 2.37. The Morgan fingerprint density at radius 1 is 1.08 bits per heavy atom. The Kier molecular flexibility index (Phi) is 5.53. The van der Waals surface area contributed by atoms with Crippen molar-refractivity contribution in [2.75, 3.05) is 13.1 Å². The van der Waals surface area contributed by atoms with Gasteiger partial charge in [0.1, 0.15) is 0 Å². The monoisotopic (exact) mass is 343 g/mol. The Morgan fingerprint density at radius 3 is 2.56 bits per heavy atom. The van der Waals surface area contributed by atoms with Gasteiger partial charge in [-0.15, -0.1) is 0 Å². The molecule has 25 heavy (non-hydrogen) atoms. The molecule has 1 aliphatic rings. The van der Waals surface area contributed by atoms with Gasteiger partial charge in [-0.1, -0.05) is 51.1 Å². The van der Waals surface area contributed by atoms with Gasteiger partial charge in [0.15, 0.2) is 11.6 Å². The molecule has 0 N–H and O–H groups in total. The standard InChI is InChI=1S/C22H27F2N/c1-15(2)18-6-4-5-7-19(18)20-14-25(11-10-16(20)3)13-17-8-9-21(23)22(24)12-17/h4-9,12,15-16,20H,10-11,13-14H2,1-3H3. The predicted octanol–water partition coefficient (Wildman–Crippen LogP) is 5.71. The highest BCUT2D eigenvalue weighted by molar-refractivity contribution is 5.34. The van der Waals surface area contributed by atoms with Gasteiger partial charge in [-0.3, -0.25) is 4.90 Å². The van der Waals surface area contributed by atoms with Gasteiger partial charge < -0.3 is 0 Å². The molecule has 134 valence electrons. The van der Waals surface area contributed by atoms with Crippen molar-refractivity contribution in [1.29, 1.82) is 0 Å². The summed E-state index contributed by atoms with van der Waals surface area (Å²) in [6.07, 6.45) is 1.13. The first-order valence-corrected chi connectivity index (χ1v) is 9.20. The Labute approximate surface area is 149 Å². The van der Waals surface area contributed by atoms with E-state index < -0.39 is 11.6 Å². The Balaban J connectivity index is 1.79. The largest absolute Gasteiger partial charge is 0.298 e. The highest BCUT2D eigenvalue weighted by atomic mass is 19.2. The molecule has 0 saturated carbocycles. The molecule has 2 aromatic carbocycles.